The summed E-state index contributed by atoms with van der Waals surface area (Å²) in [5, 5.41) is 0. The molecule has 0 aliphatic carbocycles. The summed E-state index contributed by atoms with van der Waals surface area (Å²) < 4.78 is 26.3. The molecule has 7 heteroatoms. The zero-order valence-electron chi connectivity index (χ0n) is 19.2. The Balaban J connectivity index is 0.000000190. The minimum Gasteiger partial charge on any atom is -0.500 e. The molecule has 0 amide bonds. The largest absolute Gasteiger partial charge is 3.00 e. The molecule has 5 rings (SSSR count). The molecule has 4 aromatic rings. The standard InChI is InChI=1S/C15H12N2.C13H11F2N2.Ir/c1-3-7-14(8-4-1)16-11-12-17(13-16)15-9-5-2-6-10-15;1-17(2)10-5-6-16-13(8-10)11-4-3-9(14)7-12(11)15;/h1-9,11-13H;3,5-8H,1-2H3;/q-2;-1;+3. The Bertz CT molecular complexity index is 1200. The Kier molecular flexibility index (Phi) is 9.12. The molecule has 0 unspecified atom stereocenters. The van der Waals surface area contributed by atoms with Crippen LogP contribution in [0.2, 0.25) is 0 Å². The number of anilines is 3. The third-order valence-electron chi connectivity index (χ3n) is 5.04. The van der Waals surface area contributed by atoms with Gasteiger partial charge in [0.2, 0.25) is 0 Å². The molecule has 0 saturated carbocycles. The first-order valence-electron chi connectivity index (χ1n) is 10.6. The van der Waals surface area contributed by atoms with E-state index < -0.39 is 11.6 Å². The van der Waals surface area contributed by atoms with Gasteiger partial charge in [0, 0.05) is 43.3 Å². The third-order valence-corrected chi connectivity index (χ3v) is 5.04. The van der Waals surface area contributed by atoms with E-state index in [0.717, 1.165) is 29.2 Å². The zero-order chi connectivity index (χ0) is 23.9. The number of halogens is 2. The van der Waals surface area contributed by atoms with Crippen LogP contribution in [0.5, 0.6) is 0 Å². The SMILES string of the molecule is CN(C)c1ccnc(-c2[c-]cc(F)cc2F)c1.[Ir+3].[c-]1ccccc1N1C=CN(c2ccccc2)[CH-]1. The molecular weight excluding hydrogens is 623 g/mol. The van der Waals surface area contributed by atoms with Crippen LogP contribution in [-0.4, -0.2) is 19.1 Å². The van der Waals surface area contributed by atoms with E-state index >= 15 is 0 Å². The van der Waals surface area contributed by atoms with Crippen LogP contribution >= 0.6 is 0 Å². The number of hydrogen-bond acceptors (Lipinski definition) is 4. The van der Waals surface area contributed by atoms with Crippen LogP contribution in [0.15, 0.2) is 97.5 Å². The Morgan fingerprint density at radius 1 is 0.886 bits per heavy atom. The molecule has 0 N–H and O–H groups in total. The summed E-state index contributed by atoms with van der Waals surface area (Å²) in [4.78, 5) is 10.1. The molecule has 1 aliphatic rings. The van der Waals surface area contributed by atoms with Crippen LogP contribution in [-0.2, 0) is 20.1 Å². The van der Waals surface area contributed by atoms with Crippen LogP contribution in [0.25, 0.3) is 11.3 Å². The summed E-state index contributed by atoms with van der Waals surface area (Å²) >= 11 is 0. The summed E-state index contributed by atoms with van der Waals surface area (Å²) in [7, 11) is 3.76. The Morgan fingerprint density at radius 2 is 1.63 bits per heavy atom. The zero-order valence-corrected chi connectivity index (χ0v) is 21.6. The van der Waals surface area contributed by atoms with Gasteiger partial charge >= 0.3 is 20.1 Å². The molecule has 3 aromatic carbocycles. The van der Waals surface area contributed by atoms with Crippen LogP contribution in [0.4, 0.5) is 25.8 Å². The Hall–Kier alpha value is -3.54. The monoisotopic (exact) mass is 646 g/mol. The fourth-order valence-electron chi connectivity index (χ4n) is 3.27. The van der Waals surface area contributed by atoms with Gasteiger partial charge in [-0.15, -0.1) is 24.5 Å². The molecule has 1 aromatic heterocycles. The molecule has 2 heterocycles. The molecule has 0 atom stereocenters. The van der Waals surface area contributed by atoms with Crippen molar-refractivity contribution in [3.63, 3.8) is 0 Å². The minimum absolute atomic E-state index is 0. The van der Waals surface area contributed by atoms with Gasteiger partial charge in [0.05, 0.1) is 0 Å². The molecule has 4 nitrogen and oxygen atoms in total. The van der Waals surface area contributed by atoms with Gasteiger partial charge in [-0.3, -0.25) is 8.78 Å². The van der Waals surface area contributed by atoms with Crippen LogP contribution in [0, 0.1) is 30.4 Å². The molecule has 0 saturated heterocycles. The normalized spacial score (nSPS) is 12.0. The second kappa shape index (κ2) is 12.2. The predicted octanol–water partition coefficient (Wildman–Crippen LogP) is 6.29. The molecule has 0 bridgehead atoms. The van der Waals surface area contributed by atoms with E-state index in [1.165, 1.54) is 0 Å². The summed E-state index contributed by atoms with van der Waals surface area (Å²) in [6.45, 7) is 2.04. The quantitative estimate of drug-likeness (QED) is 0.243. The van der Waals surface area contributed by atoms with Crippen molar-refractivity contribution < 1.29 is 28.9 Å². The maximum atomic E-state index is 13.5. The molecular formula is C28H23F2IrN4. The number of pyridine rings is 1. The topological polar surface area (TPSA) is 22.6 Å². The summed E-state index contributed by atoms with van der Waals surface area (Å²) in [5.74, 6) is -1.30. The van der Waals surface area contributed by atoms with Crippen LogP contribution in [0.1, 0.15) is 0 Å². The van der Waals surface area contributed by atoms with Crippen LogP contribution in [0.3, 0.4) is 0 Å². The first kappa shape index (κ1) is 26.1. The van der Waals surface area contributed by atoms with Crippen molar-refractivity contribution in [1.29, 1.82) is 0 Å². The maximum absolute atomic E-state index is 13.5. The van der Waals surface area contributed by atoms with Crippen molar-refractivity contribution in [2.45, 2.75) is 0 Å². The first-order valence-corrected chi connectivity index (χ1v) is 10.6. The number of aromatic nitrogens is 1. The fourth-order valence-corrected chi connectivity index (χ4v) is 3.27. The van der Waals surface area contributed by atoms with Crippen molar-refractivity contribution in [2.75, 3.05) is 28.8 Å². The van der Waals surface area contributed by atoms with E-state index in [-0.39, 0.29) is 25.7 Å². The maximum Gasteiger partial charge on any atom is 3.00 e. The van der Waals surface area contributed by atoms with Crippen LogP contribution < -0.4 is 14.7 Å². The molecule has 0 spiro atoms. The number of benzene rings is 3. The summed E-state index contributed by atoms with van der Waals surface area (Å²) in [5.41, 5.74) is 3.71. The van der Waals surface area contributed by atoms with E-state index in [1.54, 1.807) is 12.3 Å². The second-order valence-electron chi connectivity index (χ2n) is 7.65. The molecule has 178 valence electrons. The van der Waals surface area contributed by atoms with E-state index in [4.69, 9.17) is 0 Å². The summed E-state index contributed by atoms with van der Waals surface area (Å²) in [6, 6.07) is 29.4. The third kappa shape index (κ3) is 6.75. The van der Waals surface area contributed by atoms with Gasteiger partial charge in [-0.25, -0.2) is 0 Å². The number of hydrogen-bond donors (Lipinski definition) is 0. The van der Waals surface area contributed by atoms with E-state index in [9.17, 15) is 8.78 Å². The van der Waals surface area contributed by atoms with E-state index in [2.05, 4.69) is 34.1 Å². The van der Waals surface area contributed by atoms with Gasteiger partial charge < -0.3 is 19.7 Å². The smallest absolute Gasteiger partial charge is 0.500 e. The van der Waals surface area contributed by atoms with Gasteiger partial charge in [0.15, 0.2) is 0 Å². The molecule has 35 heavy (non-hydrogen) atoms. The van der Waals surface area contributed by atoms with Gasteiger partial charge in [-0.05, 0) is 36.3 Å². The number of rotatable bonds is 4. The van der Waals surface area contributed by atoms with Crippen molar-refractivity contribution in [3.05, 3.63) is 128 Å². The van der Waals surface area contributed by atoms with Gasteiger partial charge in [-0.1, -0.05) is 35.9 Å². The number of nitrogens with zero attached hydrogens (tertiary/aromatic N) is 4. The van der Waals surface area contributed by atoms with Crippen molar-refractivity contribution in [2.24, 2.45) is 0 Å². The van der Waals surface area contributed by atoms with Gasteiger partial charge in [0.1, 0.15) is 0 Å². The van der Waals surface area contributed by atoms with Crippen molar-refractivity contribution in [1.82, 2.24) is 4.98 Å². The fraction of sp³-hybridized carbons (Fsp3) is 0.0714. The van der Waals surface area contributed by atoms with E-state index in [0.29, 0.717) is 5.69 Å². The Labute approximate surface area is 218 Å². The van der Waals surface area contributed by atoms with Crippen molar-refractivity contribution in [3.8, 4) is 11.3 Å². The van der Waals surface area contributed by atoms with E-state index in [1.807, 2.05) is 91.5 Å². The predicted molar refractivity (Wildman–Crippen MR) is 133 cm³/mol. The molecule has 0 radical (unpaired) electrons. The summed E-state index contributed by atoms with van der Waals surface area (Å²) in [6.07, 6.45) is 5.65. The Morgan fingerprint density at radius 3 is 2.31 bits per heavy atom. The van der Waals surface area contributed by atoms with Crippen molar-refractivity contribution >= 4 is 17.1 Å². The van der Waals surface area contributed by atoms with Gasteiger partial charge in [0.25, 0.3) is 0 Å². The minimum atomic E-state index is -0.659. The van der Waals surface area contributed by atoms with Gasteiger partial charge in [-0.2, -0.15) is 30.3 Å². The number of para-hydroxylation sites is 2. The second-order valence-corrected chi connectivity index (χ2v) is 7.65. The molecule has 0 fully saturated rings. The molecule has 1 aliphatic heterocycles. The average molecular weight is 646 g/mol. The average Bonchev–Trinajstić information content (AvgIpc) is 3.36. The first-order chi connectivity index (χ1) is 16.5.